The Kier molecular flexibility index (Phi) is 5.32. The molecule has 3 aliphatic rings. The van der Waals surface area contributed by atoms with E-state index in [4.69, 9.17) is 18.9 Å². The molecule has 0 saturated carbocycles. The van der Waals surface area contributed by atoms with Gasteiger partial charge in [-0.15, -0.1) is 13.2 Å². The average molecular weight is 454 g/mol. The summed E-state index contributed by atoms with van der Waals surface area (Å²) in [7, 11) is 0. The highest BCUT2D eigenvalue weighted by Crippen LogP contribution is 2.42. The molecule has 0 aromatic heterocycles. The smallest absolute Gasteiger partial charge is 0.475 e. The maximum absolute atomic E-state index is 13.6. The van der Waals surface area contributed by atoms with Crippen LogP contribution in [0.3, 0.4) is 0 Å². The molecule has 0 amide bonds. The molecule has 1 aromatic rings. The van der Waals surface area contributed by atoms with Crippen molar-refractivity contribution in [2.75, 3.05) is 13.2 Å². The first-order chi connectivity index (χ1) is 14.4. The SMILES string of the molecule is Cc1cc(OC(F)(F)F)cc2c1OC(C(F)(F)F)C(C(=O)OC1COC3CCOC31)=C2. The van der Waals surface area contributed by atoms with Crippen LogP contribution in [0.1, 0.15) is 17.5 Å². The fourth-order valence-electron chi connectivity index (χ4n) is 3.80. The molecule has 0 spiro atoms. The third-order valence-corrected chi connectivity index (χ3v) is 5.05. The highest BCUT2D eigenvalue weighted by molar-refractivity contribution is 5.96. The predicted molar refractivity (Wildman–Crippen MR) is 90.3 cm³/mol. The number of alkyl halides is 6. The average Bonchev–Trinajstić information content (AvgIpc) is 3.23. The Labute approximate surface area is 171 Å². The van der Waals surface area contributed by atoms with Crippen LogP contribution >= 0.6 is 0 Å². The monoisotopic (exact) mass is 454 g/mol. The van der Waals surface area contributed by atoms with E-state index in [0.717, 1.165) is 18.2 Å². The zero-order valence-electron chi connectivity index (χ0n) is 15.9. The van der Waals surface area contributed by atoms with Crippen molar-refractivity contribution in [2.45, 2.75) is 50.3 Å². The Hall–Kier alpha value is -2.47. The van der Waals surface area contributed by atoms with E-state index >= 15 is 0 Å². The lowest BCUT2D eigenvalue weighted by atomic mass is 9.98. The van der Waals surface area contributed by atoms with Crippen molar-refractivity contribution in [3.05, 3.63) is 28.8 Å². The summed E-state index contributed by atoms with van der Waals surface area (Å²) in [6.45, 7) is 1.60. The quantitative estimate of drug-likeness (QED) is 0.513. The van der Waals surface area contributed by atoms with Gasteiger partial charge in [0.15, 0.2) is 6.10 Å². The number of rotatable bonds is 3. The van der Waals surface area contributed by atoms with Gasteiger partial charge in [0.05, 0.1) is 18.3 Å². The van der Waals surface area contributed by atoms with E-state index < -0.39 is 48.1 Å². The number of halogens is 6. The van der Waals surface area contributed by atoms with Crippen LogP contribution in [0.15, 0.2) is 17.7 Å². The molecule has 0 bridgehead atoms. The van der Waals surface area contributed by atoms with Crippen LogP contribution in [-0.4, -0.2) is 56.1 Å². The lowest BCUT2D eigenvalue weighted by molar-refractivity contribution is -0.274. The third kappa shape index (κ3) is 4.45. The van der Waals surface area contributed by atoms with Crippen molar-refractivity contribution in [1.82, 2.24) is 0 Å². The highest BCUT2D eigenvalue weighted by Gasteiger charge is 2.51. The first-order valence-electron chi connectivity index (χ1n) is 9.22. The molecular weight excluding hydrogens is 438 g/mol. The largest absolute Gasteiger partial charge is 0.573 e. The van der Waals surface area contributed by atoms with E-state index in [1.165, 1.54) is 6.92 Å². The maximum atomic E-state index is 13.6. The summed E-state index contributed by atoms with van der Waals surface area (Å²) >= 11 is 0. The van der Waals surface area contributed by atoms with Crippen molar-refractivity contribution >= 4 is 12.0 Å². The van der Waals surface area contributed by atoms with Gasteiger partial charge in [-0.1, -0.05) is 0 Å². The third-order valence-electron chi connectivity index (χ3n) is 5.05. The standard InChI is InChI=1S/C19H16F6O6/c1-8-4-10(31-19(23,24)25)5-9-6-11(16(18(20,21)22)30-14(8)9)17(26)29-13-7-28-12-2-3-27-15(12)13/h4-6,12-13,15-16H,2-3,7H2,1H3. The zero-order valence-corrected chi connectivity index (χ0v) is 15.9. The van der Waals surface area contributed by atoms with Crippen LogP contribution < -0.4 is 9.47 Å². The lowest BCUT2D eigenvalue weighted by Gasteiger charge is -2.30. The molecule has 6 nitrogen and oxygen atoms in total. The Morgan fingerprint density at radius 3 is 2.55 bits per heavy atom. The molecule has 1 aromatic carbocycles. The second-order valence-electron chi connectivity index (χ2n) is 7.29. The van der Waals surface area contributed by atoms with Gasteiger partial charge >= 0.3 is 18.5 Å². The number of carbonyl (C=O) groups excluding carboxylic acids is 1. The number of carbonyl (C=O) groups is 1. The first kappa shape index (κ1) is 21.8. The summed E-state index contributed by atoms with van der Waals surface area (Å²) in [6, 6.07) is 1.73. The van der Waals surface area contributed by atoms with Gasteiger partial charge in [-0.05, 0) is 37.1 Å². The van der Waals surface area contributed by atoms with Crippen LogP contribution in [0.4, 0.5) is 26.3 Å². The van der Waals surface area contributed by atoms with E-state index in [0.29, 0.717) is 13.0 Å². The summed E-state index contributed by atoms with van der Waals surface area (Å²) in [5, 5.41) is 0. The second-order valence-corrected chi connectivity index (χ2v) is 7.29. The minimum Gasteiger partial charge on any atom is -0.475 e. The van der Waals surface area contributed by atoms with Gasteiger partial charge in [0.2, 0.25) is 6.10 Å². The van der Waals surface area contributed by atoms with Crippen LogP contribution in [0.25, 0.3) is 6.08 Å². The van der Waals surface area contributed by atoms with E-state index in [-0.39, 0.29) is 29.6 Å². The number of fused-ring (bicyclic) bond motifs is 2. The molecule has 4 rings (SSSR count). The maximum Gasteiger partial charge on any atom is 0.573 e. The number of hydrogen-bond acceptors (Lipinski definition) is 6. The summed E-state index contributed by atoms with van der Waals surface area (Å²) < 4.78 is 103. The Balaban J connectivity index is 1.65. The van der Waals surface area contributed by atoms with Crippen LogP contribution in [0.2, 0.25) is 0 Å². The van der Waals surface area contributed by atoms with Crippen molar-refractivity contribution in [3.8, 4) is 11.5 Å². The van der Waals surface area contributed by atoms with Crippen LogP contribution in [-0.2, 0) is 19.0 Å². The van der Waals surface area contributed by atoms with E-state index in [2.05, 4.69) is 4.74 Å². The molecule has 3 heterocycles. The Bertz CT molecular complexity index is 908. The molecule has 0 aliphatic carbocycles. The van der Waals surface area contributed by atoms with Crippen LogP contribution in [0, 0.1) is 6.92 Å². The molecule has 31 heavy (non-hydrogen) atoms. The topological polar surface area (TPSA) is 63.2 Å². The van der Waals surface area contributed by atoms with E-state index in [1.807, 2.05) is 0 Å². The summed E-state index contributed by atoms with van der Waals surface area (Å²) in [4.78, 5) is 12.6. The van der Waals surface area contributed by atoms with Gasteiger partial charge in [-0.3, -0.25) is 0 Å². The minimum absolute atomic E-state index is 0.0268. The molecule has 0 radical (unpaired) electrons. The molecule has 2 fully saturated rings. The molecule has 4 atom stereocenters. The van der Waals surface area contributed by atoms with Gasteiger partial charge in [-0.25, -0.2) is 4.79 Å². The van der Waals surface area contributed by atoms with Gasteiger partial charge in [0, 0.05) is 12.2 Å². The van der Waals surface area contributed by atoms with Crippen molar-refractivity contribution in [3.63, 3.8) is 0 Å². The molecule has 0 N–H and O–H groups in total. The Morgan fingerprint density at radius 2 is 1.87 bits per heavy atom. The molecule has 3 aliphatic heterocycles. The van der Waals surface area contributed by atoms with E-state index in [9.17, 15) is 31.1 Å². The lowest BCUT2D eigenvalue weighted by Crippen LogP contribution is -2.42. The minimum atomic E-state index is -5.00. The second kappa shape index (κ2) is 7.59. The van der Waals surface area contributed by atoms with Crippen molar-refractivity contribution in [2.24, 2.45) is 0 Å². The first-order valence-corrected chi connectivity index (χ1v) is 9.22. The van der Waals surface area contributed by atoms with Crippen molar-refractivity contribution < 1.29 is 54.8 Å². The molecule has 4 unspecified atom stereocenters. The summed E-state index contributed by atoms with van der Waals surface area (Å²) in [5.41, 5.74) is -1.10. The highest BCUT2D eigenvalue weighted by atomic mass is 19.4. The summed E-state index contributed by atoms with van der Waals surface area (Å²) in [5.74, 6) is -2.29. The Morgan fingerprint density at radius 1 is 1.13 bits per heavy atom. The van der Waals surface area contributed by atoms with Gasteiger partial charge < -0.3 is 23.7 Å². The number of benzene rings is 1. The van der Waals surface area contributed by atoms with Crippen LogP contribution in [0.5, 0.6) is 11.5 Å². The molecule has 12 heteroatoms. The molecule has 2 saturated heterocycles. The zero-order chi connectivity index (χ0) is 22.6. The number of aryl methyl sites for hydroxylation is 1. The number of esters is 1. The van der Waals surface area contributed by atoms with Gasteiger partial charge in [-0.2, -0.15) is 13.2 Å². The fraction of sp³-hybridized carbons (Fsp3) is 0.526. The number of hydrogen-bond donors (Lipinski definition) is 0. The molecular formula is C19H16F6O6. The van der Waals surface area contributed by atoms with Gasteiger partial charge in [0.1, 0.15) is 17.6 Å². The fourth-order valence-corrected chi connectivity index (χ4v) is 3.80. The predicted octanol–water partition coefficient (Wildman–Crippen LogP) is 3.70. The summed E-state index contributed by atoms with van der Waals surface area (Å²) in [6.07, 6.45) is -13.0. The number of ether oxygens (including phenoxy) is 5. The normalized spacial score (nSPS) is 27.8. The van der Waals surface area contributed by atoms with Gasteiger partial charge in [0.25, 0.3) is 0 Å². The molecule has 170 valence electrons. The van der Waals surface area contributed by atoms with Crippen molar-refractivity contribution in [1.29, 1.82) is 0 Å². The van der Waals surface area contributed by atoms with E-state index in [1.54, 1.807) is 0 Å².